The number of para-hydroxylation sites is 1. The highest BCUT2D eigenvalue weighted by Gasteiger charge is 2.28. The second-order valence-corrected chi connectivity index (χ2v) is 7.21. The van der Waals surface area contributed by atoms with Crippen LogP contribution in [0.5, 0.6) is 11.5 Å². The minimum absolute atomic E-state index is 0.0351. The summed E-state index contributed by atoms with van der Waals surface area (Å²) in [6.45, 7) is 1.53. The van der Waals surface area contributed by atoms with Crippen LogP contribution in [-0.4, -0.2) is 44.0 Å². The smallest absolute Gasteiger partial charge is 0.227 e. The molecule has 1 fully saturated rings. The standard InChI is InChI=1S/C23H28N2O4/c1-28-20-12-6-10-18(22(20)29-2)15-24-23(27)19-11-7-13-25(16-19)21(26)14-17-8-4-3-5-9-17/h3-6,8-10,12,19H,7,11,13-16H2,1-2H3,(H,24,27). The molecule has 2 aromatic rings. The lowest BCUT2D eigenvalue weighted by Crippen LogP contribution is -2.45. The Bertz CT molecular complexity index is 838. The van der Waals surface area contributed by atoms with E-state index in [1.54, 1.807) is 14.2 Å². The van der Waals surface area contributed by atoms with E-state index in [4.69, 9.17) is 9.47 Å². The molecule has 1 unspecified atom stereocenters. The zero-order valence-corrected chi connectivity index (χ0v) is 17.0. The summed E-state index contributed by atoms with van der Waals surface area (Å²) in [5.41, 5.74) is 1.85. The van der Waals surface area contributed by atoms with Crippen molar-refractivity contribution >= 4 is 11.8 Å². The Morgan fingerprint density at radius 1 is 1.07 bits per heavy atom. The molecule has 0 aromatic heterocycles. The lowest BCUT2D eigenvalue weighted by molar-refractivity contribution is -0.135. The topological polar surface area (TPSA) is 67.9 Å². The van der Waals surface area contributed by atoms with Crippen LogP contribution in [0.3, 0.4) is 0 Å². The highest BCUT2D eigenvalue weighted by Crippen LogP contribution is 2.30. The molecule has 29 heavy (non-hydrogen) atoms. The molecule has 2 aromatic carbocycles. The Morgan fingerprint density at radius 3 is 2.59 bits per heavy atom. The summed E-state index contributed by atoms with van der Waals surface area (Å²) in [4.78, 5) is 27.2. The summed E-state index contributed by atoms with van der Waals surface area (Å²) < 4.78 is 10.7. The highest BCUT2D eigenvalue weighted by molar-refractivity contribution is 5.82. The monoisotopic (exact) mass is 396 g/mol. The number of likely N-dealkylation sites (tertiary alicyclic amines) is 1. The number of carbonyl (C=O) groups excluding carboxylic acids is 2. The Labute approximate surface area is 171 Å². The summed E-state index contributed by atoms with van der Waals surface area (Å²) in [5.74, 6) is 1.10. The van der Waals surface area contributed by atoms with Crippen LogP contribution in [0.2, 0.25) is 0 Å². The largest absolute Gasteiger partial charge is 0.493 e. The number of carbonyl (C=O) groups is 2. The van der Waals surface area contributed by atoms with E-state index in [2.05, 4.69) is 5.32 Å². The summed E-state index contributed by atoms with van der Waals surface area (Å²) in [5, 5.41) is 2.99. The Hall–Kier alpha value is -3.02. The normalized spacial score (nSPS) is 16.2. The Kier molecular flexibility index (Phi) is 7.11. The van der Waals surface area contributed by atoms with Crippen LogP contribution in [0.1, 0.15) is 24.0 Å². The molecule has 6 nitrogen and oxygen atoms in total. The Balaban J connectivity index is 1.57. The van der Waals surface area contributed by atoms with E-state index >= 15 is 0 Å². The number of nitrogens with zero attached hydrogens (tertiary/aromatic N) is 1. The van der Waals surface area contributed by atoms with E-state index in [1.807, 2.05) is 53.4 Å². The number of methoxy groups -OCH3 is 2. The van der Waals surface area contributed by atoms with Crippen molar-refractivity contribution in [2.24, 2.45) is 5.92 Å². The average Bonchev–Trinajstić information content (AvgIpc) is 2.77. The molecular formula is C23H28N2O4. The van der Waals surface area contributed by atoms with Crippen LogP contribution in [0, 0.1) is 5.92 Å². The van der Waals surface area contributed by atoms with Gasteiger partial charge in [0.25, 0.3) is 0 Å². The van der Waals surface area contributed by atoms with Crippen LogP contribution < -0.4 is 14.8 Å². The predicted molar refractivity (Wildman–Crippen MR) is 111 cm³/mol. The summed E-state index contributed by atoms with van der Waals surface area (Å²) in [6.07, 6.45) is 1.99. The lowest BCUT2D eigenvalue weighted by atomic mass is 9.96. The van der Waals surface area contributed by atoms with Crippen LogP contribution in [0.25, 0.3) is 0 Å². The van der Waals surface area contributed by atoms with Crippen molar-refractivity contribution in [2.45, 2.75) is 25.8 Å². The van der Waals surface area contributed by atoms with Gasteiger partial charge in [-0.1, -0.05) is 42.5 Å². The molecule has 1 atom stereocenters. The molecule has 1 aliphatic rings. The lowest BCUT2D eigenvalue weighted by Gasteiger charge is -2.32. The zero-order chi connectivity index (χ0) is 20.6. The van der Waals surface area contributed by atoms with Crippen LogP contribution in [0.15, 0.2) is 48.5 Å². The quantitative estimate of drug-likeness (QED) is 0.782. The van der Waals surface area contributed by atoms with Crippen molar-refractivity contribution in [3.63, 3.8) is 0 Å². The molecule has 2 amide bonds. The van der Waals surface area contributed by atoms with E-state index in [9.17, 15) is 9.59 Å². The van der Waals surface area contributed by atoms with Gasteiger partial charge in [-0.2, -0.15) is 0 Å². The number of hydrogen-bond donors (Lipinski definition) is 1. The van der Waals surface area contributed by atoms with Gasteiger partial charge in [-0.05, 0) is 24.5 Å². The number of hydrogen-bond acceptors (Lipinski definition) is 4. The first-order chi connectivity index (χ1) is 14.1. The summed E-state index contributed by atoms with van der Waals surface area (Å²) >= 11 is 0. The number of nitrogens with one attached hydrogen (secondary N) is 1. The van der Waals surface area contributed by atoms with Gasteiger partial charge in [0.15, 0.2) is 11.5 Å². The van der Waals surface area contributed by atoms with Gasteiger partial charge in [0.2, 0.25) is 11.8 Å². The maximum absolute atomic E-state index is 12.7. The summed E-state index contributed by atoms with van der Waals surface area (Å²) in [7, 11) is 3.17. The number of piperidine rings is 1. The maximum Gasteiger partial charge on any atom is 0.227 e. The third kappa shape index (κ3) is 5.28. The highest BCUT2D eigenvalue weighted by atomic mass is 16.5. The van der Waals surface area contributed by atoms with E-state index < -0.39 is 0 Å². The summed E-state index contributed by atoms with van der Waals surface area (Å²) in [6, 6.07) is 15.3. The van der Waals surface area contributed by atoms with Crippen molar-refractivity contribution in [1.82, 2.24) is 10.2 Å². The minimum atomic E-state index is -0.194. The molecular weight excluding hydrogens is 368 g/mol. The molecule has 0 bridgehead atoms. The van der Waals surface area contributed by atoms with Crippen LogP contribution >= 0.6 is 0 Å². The van der Waals surface area contributed by atoms with Crippen molar-refractivity contribution in [2.75, 3.05) is 27.3 Å². The first kappa shape index (κ1) is 20.7. The molecule has 0 spiro atoms. The number of ether oxygens (including phenoxy) is 2. The molecule has 0 aliphatic carbocycles. The third-order valence-electron chi connectivity index (χ3n) is 5.28. The Morgan fingerprint density at radius 2 is 1.86 bits per heavy atom. The number of rotatable bonds is 7. The van der Waals surface area contributed by atoms with E-state index in [0.717, 1.165) is 24.0 Å². The van der Waals surface area contributed by atoms with Crippen molar-refractivity contribution in [1.29, 1.82) is 0 Å². The molecule has 1 heterocycles. The fourth-order valence-corrected chi connectivity index (χ4v) is 3.72. The van der Waals surface area contributed by atoms with Gasteiger partial charge >= 0.3 is 0 Å². The molecule has 6 heteroatoms. The first-order valence-corrected chi connectivity index (χ1v) is 9.91. The van der Waals surface area contributed by atoms with Gasteiger partial charge in [0.1, 0.15) is 0 Å². The fraction of sp³-hybridized carbons (Fsp3) is 0.391. The van der Waals surface area contributed by atoms with Gasteiger partial charge in [0, 0.05) is 25.2 Å². The molecule has 1 aliphatic heterocycles. The first-order valence-electron chi connectivity index (χ1n) is 9.91. The van der Waals surface area contributed by atoms with Crippen LogP contribution in [0.4, 0.5) is 0 Å². The van der Waals surface area contributed by atoms with Crippen molar-refractivity contribution < 1.29 is 19.1 Å². The molecule has 154 valence electrons. The molecule has 1 saturated heterocycles. The van der Waals surface area contributed by atoms with Gasteiger partial charge in [0.05, 0.1) is 26.6 Å². The van der Waals surface area contributed by atoms with Crippen molar-refractivity contribution in [3.8, 4) is 11.5 Å². The second-order valence-electron chi connectivity index (χ2n) is 7.21. The molecule has 0 saturated carbocycles. The SMILES string of the molecule is COc1cccc(CNC(=O)C2CCCN(C(=O)Cc3ccccc3)C2)c1OC. The zero-order valence-electron chi connectivity index (χ0n) is 17.0. The van der Waals surface area contributed by atoms with E-state index in [-0.39, 0.29) is 17.7 Å². The predicted octanol–water partition coefficient (Wildman–Crippen LogP) is 2.80. The average molecular weight is 396 g/mol. The van der Waals surface area contributed by atoms with Gasteiger partial charge in [-0.15, -0.1) is 0 Å². The third-order valence-corrected chi connectivity index (χ3v) is 5.28. The molecule has 0 radical (unpaired) electrons. The second kappa shape index (κ2) is 9.96. The molecule has 1 N–H and O–H groups in total. The van der Waals surface area contributed by atoms with Gasteiger partial charge < -0.3 is 19.7 Å². The fourth-order valence-electron chi connectivity index (χ4n) is 3.72. The van der Waals surface area contributed by atoms with Gasteiger partial charge in [-0.3, -0.25) is 9.59 Å². The van der Waals surface area contributed by atoms with E-state index in [0.29, 0.717) is 37.6 Å². The molecule has 3 rings (SSSR count). The number of amides is 2. The van der Waals surface area contributed by atoms with Crippen molar-refractivity contribution in [3.05, 3.63) is 59.7 Å². The van der Waals surface area contributed by atoms with Crippen LogP contribution in [-0.2, 0) is 22.6 Å². The maximum atomic E-state index is 12.7. The van der Waals surface area contributed by atoms with E-state index in [1.165, 1.54) is 0 Å². The number of benzene rings is 2. The minimum Gasteiger partial charge on any atom is -0.493 e. The van der Waals surface area contributed by atoms with Gasteiger partial charge in [-0.25, -0.2) is 0 Å².